The van der Waals surface area contributed by atoms with Crippen molar-refractivity contribution in [3.63, 3.8) is 0 Å². The number of thioether (sulfide) groups is 1. The molecule has 1 atom stereocenters. The minimum Gasteiger partial charge on any atom is -0.495 e. The number of benzene rings is 2. The lowest BCUT2D eigenvalue weighted by Crippen LogP contribution is -2.38. The Kier molecular flexibility index (Phi) is 6.01. The summed E-state index contributed by atoms with van der Waals surface area (Å²) in [6, 6.07) is 16.2. The van der Waals surface area contributed by atoms with E-state index < -0.39 is 0 Å². The smallest absolute Gasteiger partial charge is 0.244 e. The van der Waals surface area contributed by atoms with Crippen LogP contribution in [0.2, 0.25) is 5.02 Å². The van der Waals surface area contributed by atoms with Crippen molar-refractivity contribution in [1.29, 1.82) is 0 Å². The summed E-state index contributed by atoms with van der Waals surface area (Å²) in [5, 5.41) is 3.11. The number of hydrogen-bond acceptors (Lipinski definition) is 5. The number of fused-ring (bicyclic) bond motifs is 1. The molecule has 8 heteroatoms. The summed E-state index contributed by atoms with van der Waals surface area (Å²) in [6.07, 6.45) is 1.82. The van der Waals surface area contributed by atoms with Crippen LogP contribution in [-0.4, -0.2) is 25.5 Å². The number of rotatable bonds is 5. The molecule has 0 bridgehead atoms. The van der Waals surface area contributed by atoms with Gasteiger partial charge in [-0.15, -0.1) is 11.8 Å². The first-order valence-corrected chi connectivity index (χ1v) is 10.5. The third-order valence-corrected chi connectivity index (χ3v) is 6.20. The van der Waals surface area contributed by atoms with Crippen LogP contribution in [0.25, 0.3) is 0 Å². The standard InChI is InChI=1S/C22H19ClN2O4S/c1-28-17-9-8-14(23)11-15(17)24-21(26)13-25-16-5-2-3-7-19(16)30-20(12-22(25)27)18-6-4-10-29-18/h2-11,20H,12-13H2,1H3,(H,24,26). The molecule has 1 unspecified atom stereocenters. The molecular formula is C22H19ClN2O4S. The summed E-state index contributed by atoms with van der Waals surface area (Å²) in [4.78, 5) is 28.3. The SMILES string of the molecule is COc1ccc(Cl)cc1NC(=O)CN1C(=O)CC(c2ccco2)Sc2ccccc21. The highest BCUT2D eigenvalue weighted by Gasteiger charge is 2.31. The quantitative estimate of drug-likeness (QED) is 0.591. The molecule has 6 nitrogen and oxygen atoms in total. The van der Waals surface area contributed by atoms with Crippen molar-refractivity contribution in [1.82, 2.24) is 0 Å². The number of hydrogen-bond donors (Lipinski definition) is 1. The van der Waals surface area contributed by atoms with Gasteiger partial charge >= 0.3 is 0 Å². The molecule has 0 saturated carbocycles. The van der Waals surface area contributed by atoms with Crippen LogP contribution in [0.1, 0.15) is 17.4 Å². The number of halogens is 1. The number of amides is 2. The van der Waals surface area contributed by atoms with Crippen molar-refractivity contribution in [2.75, 3.05) is 23.9 Å². The summed E-state index contributed by atoms with van der Waals surface area (Å²) in [5.74, 6) is 0.726. The van der Waals surface area contributed by atoms with Crippen LogP contribution >= 0.6 is 23.4 Å². The largest absolute Gasteiger partial charge is 0.495 e. The van der Waals surface area contributed by atoms with Crippen LogP contribution < -0.4 is 15.0 Å². The predicted octanol–water partition coefficient (Wildman–Crippen LogP) is 5.15. The maximum Gasteiger partial charge on any atom is 0.244 e. The molecule has 1 N–H and O–H groups in total. The number of carbonyl (C=O) groups is 2. The lowest BCUT2D eigenvalue weighted by Gasteiger charge is -2.22. The fourth-order valence-electron chi connectivity index (χ4n) is 3.30. The number of methoxy groups -OCH3 is 1. The third-order valence-electron chi connectivity index (χ3n) is 4.68. The molecule has 0 fully saturated rings. The second kappa shape index (κ2) is 8.85. The van der Waals surface area contributed by atoms with Crippen LogP contribution in [0.3, 0.4) is 0 Å². The Labute approximate surface area is 183 Å². The zero-order valence-corrected chi connectivity index (χ0v) is 17.7. The number of furan rings is 1. The molecule has 4 rings (SSSR count). The first-order chi connectivity index (χ1) is 14.5. The Hall–Kier alpha value is -2.90. The van der Waals surface area contributed by atoms with E-state index in [9.17, 15) is 9.59 Å². The molecule has 154 valence electrons. The Balaban J connectivity index is 1.58. The number of ether oxygens (including phenoxy) is 1. The van der Waals surface area contributed by atoms with E-state index in [0.29, 0.717) is 22.1 Å². The van der Waals surface area contributed by atoms with Gasteiger partial charge in [-0.3, -0.25) is 9.59 Å². The molecule has 2 amide bonds. The molecule has 0 spiro atoms. The Morgan fingerprint density at radius 3 is 2.87 bits per heavy atom. The number of anilines is 2. The van der Waals surface area contributed by atoms with Crippen molar-refractivity contribution in [3.8, 4) is 5.75 Å². The van der Waals surface area contributed by atoms with Crippen molar-refractivity contribution < 1.29 is 18.7 Å². The molecule has 1 aromatic heterocycles. The van der Waals surface area contributed by atoms with Crippen molar-refractivity contribution in [2.24, 2.45) is 0 Å². The molecule has 2 aromatic carbocycles. The van der Waals surface area contributed by atoms with Gasteiger partial charge in [0.25, 0.3) is 0 Å². The van der Waals surface area contributed by atoms with E-state index in [4.69, 9.17) is 20.8 Å². The molecule has 1 aliphatic heterocycles. The van der Waals surface area contributed by atoms with Gasteiger partial charge in [0.15, 0.2) is 0 Å². The van der Waals surface area contributed by atoms with E-state index in [1.807, 2.05) is 30.3 Å². The first kappa shape index (κ1) is 20.4. The zero-order valence-electron chi connectivity index (χ0n) is 16.1. The van der Waals surface area contributed by atoms with Crippen LogP contribution in [-0.2, 0) is 9.59 Å². The Morgan fingerprint density at radius 2 is 2.10 bits per heavy atom. The molecule has 0 saturated heterocycles. The van der Waals surface area contributed by atoms with Gasteiger partial charge in [0.05, 0.1) is 30.0 Å². The van der Waals surface area contributed by atoms with E-state index in [2.05, 4.69) is 5.32 Å². The molecule has 0 radical (unpaired) electrons. The Bertz CT molecular complexity index is 1070. The van der Waals surface area contributed by atoms with E-state index in [1.165, 1.54) is 12.0 Å². The Morgan fingerprint density at radius 1 is 1.27 bits per heavy atom. The summed E-state index contributed by atoms with van der Waals surface area (Å²) in [7, 11) is 1.51. The fraction of sp³-hybridized carbons (Fsp3) is 0.182. The van der Waals surface area contributed by atoms with E-state index in [0.717, 1.165) is 10.7 Å². The average molecular weight is 443 g/mol. The maximum absolute atomic E-state index is 13.1. The molecule has 0 aliphatic carbocycles. The van der Waals surface area contributed by atoms with Crippen molar-refractivity contribution in [3.05, 3.63) is 71.6 Å². The number of para-hydroxylation sites is 1. The number of nitrogens with one attached hydrogen (secondary N) is 1. The molecule has 2 heterocycles. The van der Waals surface area contributed by atoms with Crippen LogP contribution in [0, 0.1) is 0 Å². The van der Waals surface area contributed by atoms with Crippen molar-refractivity contribution in [2.45, 2.75) is 16.6 Å². The molecular weight excluding hydrogens is 424 g/mol. The van der Waals surface area contributed by atoms with Gasteiger partial charge in [-0.05, 0) is 42.5 Å². The van der Waals surface area contributed by atoms with Crippen LogP contribution in [0.4, 0.5) is 11.4 Å². The fourth-order valence-corrected chi connectivity index (χ4v) is 4.71. The van der Waals surface area contributed by atoms with E-state index >= 15 is 0 Å². The zero-order chi connectivity index (χ0) is 21.1. The van der Waals surface area contributed by atoms with E-state index in [1.54, 1.807) is 42.3 Å². The highest BCUT2D eigenvalue weighted by Crippen LogP contribution is 2.45. The van der Waals surface area contributed by atoms with Crippen molar-refractivity contribution >= 4 is 46.6 Å². The molecule has 1 aliphatic rings. The molecule has 30 heavy (non-hydrogen) atoms. The topological polar surface area (TPSA) is 71.8 Å². The van der Waals surface area contributed by atoms with Gasteiger partial charge in [-0.1, -0.05) is 23.7 Å². The summed E-state index contributed by atoms with van der Waals surface area (Å²) in [6.45, 7) is -0.128. The number of nitrogens with zero attached hydrogens (tertiary/aromatic N) is 1. The van der Waals surface area contributed by atoms with Crippen LogP contribution in [0.15, 0.2) is 70.2 Å². The van der Waals surface area contributed by atoms with E-state index in [-0.39, 0.29) is 30.0 Å². The molecule has 3 aromatic rings. The maximum atomic E-state index is 13.1. The van der Waals surface area contributed by atoms with Gasteiger partial charge in [0, 0.05) is 16.3 Å². The van der Waals surface area contributed by atoms with Gasteiger partial charge in [-0.25, -0.2) is 0 Å². The van der Waals surface area contributed by atoms with Gasteiger partial charge in [-0.2, -0.15) is 0 Å². The average Bonchev–Trinajstić information content (AvgIpc) is 3.23. The minimum absolute atomic E-state index is 0.128. The summed E-state index contributed by atoms with van der Waals surface area (Å²) < 4.78 is 10.8. The second-order valence-corrected chi connectivity index (χ2v) is 8.35. The lowest BCUT2D eigenvalue weighted by molar-refractivity contribution is -0.121. The van der Waals surface area contributed by atoms with Gasteiger partial charge in [0.2, 0.25) is 11.8 Å². The summed E-state index contributed by atoms with van der Waals surface area (Å²) in [5.41, 5.74) is 1.16. The number of carbonyl (C=O) groups excluding carboxylic acids is 2. The van der Waals surface area contributed by atoms with Gasteiger partial charge < -0.3 is 19.4 Å². The minimum atomic E-state index is -0.347. The highest BCUT2D eigenvalue weighted by molar-refractivity contribution is 7.99. The lowest BCUT2D eigenvalue weighted by atomic mass is 10.2. The second-order valence-electron chi connectivity index (χ2n) is 6.67. The highest BCUT2D eigenvalue weighted by atomic mass is 35.5. The van der Waals surface area contributed by atoms with Crippen LogP contribution in [0.5, 0.6) is 5.75 Å². The normalized spacial score (nSPS) is 16.0. The van der Waals surface area contributed by atoms with Gasteiger partial charge in [0.1, 0.15) is 18.1 Å². The third kappa shape index (κ3) is 4.32. The monoisotopic (exact) mass is 442 g/mol. The first-order valence-electron chi connectivity index (χ1n) is 9.28. The summed E-state index contributed by atoms with van der Waals surface area (Å²) >= 11 is 7.60. The predicted molar refractivity (Wildman–Crippen MR) is 117 cm³/mol.